The van der Waals surface area contributed by atoms with Crippen molar-refractivity contribution in [1.82, 2.24) is 9.80 Å². The summed E-state index contributed by atoms with van der Waals surface area (Å²) in [5.74, 6) is -0.532. The number of carbonyl (C=O) groups excluding carboxylic acids is 2. The minimum Gasteiger partial charge on any atom is -0.481 e. The number of amides is 2. The second-order valence-corrected chi connectivity index (χ2v) is 7.09. The summed E-state index contributed by atoms with van der Waals surface area (Å²) in [6.45, 7) is 5.50. The second-order valence-electron chi connectivity index (χ2n) is 7.09. The van der Waals surface area contributed by atoms with E-state index >= 15 is 0 Å². The summed E-state index contributed by atoms with van der Waals surface area (Å²) in [4.78, 5) is 38.8. The number of carbonyl (C=O) groups is 3. The van der Waals surface area contributed by atoms with Crippen LogP contribution in [0.15, 0.2) is 24.3 Å². The summed E-state index contributed by atoms with van der Waals surface area (Å²) >= 11 is 0. The molecular weight excluding hydrogens is 320 g/mol. The molecule has 1 aromatic rings. The number of carboxylic acid groups (broad SMARTS) is 1. The first-order valence-corrected chi connectivity index (χ1v) is 8.70. The van der Waals surface area contributed by atoms with Crippen LogP contribution in [0.2, 0.25) is 0 Å². The molecule has 2 heterocycles. The van der Waals surface area contributed by atoms with Gasteiger partial charge in [-0.2, -0.15) is 0 Å². The summed E-state index contributed by atoms with van der Waals surface area (Å²) in [6, 6.07) is 8.07. The van der Waals surface area contributed by atoms with Gasteiger partial charge in [0, 0.05) is 44.8 Å². The number of rotatable bonds is 4. The summed E-state index contributed by atoms with van der Waals surface area (Å²) < 4.78 is 0. The molecule has 2 saturated heterocycles. The first kappa shape index (κ1) is 17.5. The fourth-order valence-electron chi connectivity index (χ4n) is 4.26. The topological polar surface area (TPSA) is 77.9 Å². The highest BCUT2D eigenvalue weighted by molar-refractivity contribution is 5.81. The number of likely N-dealkylation sites (tertiary alicyclic amines) is 2. The Bertz CT molecular complexity index is 702. The Labute approximate surface area is 147 Å². The highest BCUT2D eigenvalue weighted by Crippen LogP contribution is 2.45. The SMILES string of the molecule is CC(=O)N1C[C@H]2CN(C(=O)CCC(=O)O)C[C@H]2[C@H]1c1ccccc1C. The van der Waals surface area contributed by atoms with Crippen LogP contribution in [0.4, 0.5) is 0 Å². The van der Waals surface area contributed by atoms with Gasteiger partial charge in [-0.25, -0.2) is 0 Å². The summed E-state index contributed by atoms with van der Waals surface area (Å²) in [6.07, 6.45) is -0.0916. The third-order valence-electron chi connectivity index (χ3n) is 5.48. The van der Waals surface area contributed by atoms with Gasteiger partial charge in [0.25, 0.3) is 0 Å². The van der Waals surface area contributed by atoms with Crippen molar-refractivity contribution >= 4 is 17.8 Å². The molecule has 1 aromatic carbocycles. The third kappa shape index (κ3) is 3.38. The Morgan fingerprint density at radius 1 is 1.12 bits per heavy atom. The average Bonchev–Trinajstić information content (AvgIpc) is 3.11. The van der Waals surface area contributed by atoms with Crippen LogP contribution in [-0.4, -0.2) is 52.3 Å². The van der Waals surface area contributed by atoms with E-state index in [2.05, 4.69) is 6.07 Å². The van der Waals surface area contributed by atoms with Crippen molar-refractivity contribution in [2.45, 2.75) is 32.7 Å². The van der Waals surface area contributed by atoms with Crippen LogP contribution < -0.4 is 0 Å². The number of benzene rings is 1. The van der Waals surface area contributed by atoms with Crippen molar-refractivity contribution in [3.05, 3.63) is 35.4 Å². The monoisotopic (exact) mass is 344 g/mol. The molecular formula is C19H24N2O4. The van der Waals surface area contributed by atoms with Crippen LogP contribution in [0, 0.1) is 18.8 Å². The van der Waals surface area contributed by atoms with E-state index < -0.39 is 5.97 Å². The van der Waals surface area contributed by atoms with Crippen molar-refractivity contribution in [3.63, 3.8) is 0 Å². The zero-order valence-corrected chi connectivity index (χ0v) is 14.6. The molecule has 6 heteroatoms. The number of hydrogen-bond acceptors (Lipinski definition) is 3. The van der Waals surface area contributed by atoms with Gasteiger partial charge in [0.15, 0.2) is 0 Å². The van der Waals surface area contributed by atoms with Gasteiger partial charge in [0.2, 0.25) is 11.8 Å². The molecule has 1 N–H and O–H groups in total. The minimum absolute atomic E-state index is 0.0130. The number of carboxylic acids is 1. The van der Waals surface area contributed by atoms with Crippen LogP contribution in [0.3, 0.4) is 0 Å². The molecule has 6 nitrogen and oxygen atoms in total. The normalized spacial score (nSPS) is 25.1. The summed E-state index contributed by atoms with van der Waals surface area (Å²) in [7, 11) is 0. The Balaban J connectivity index is 1.80. The minimum atomic E-state index is -0.951. The number of fused-ring (bicyclic) bond motifs is 1. The maximum atomic E-state index is 12.3. The van der Waals surface area contributed by atoms with Gasteiger partial charge in [-0.05, 0) is 18.1 Å². The molecule has 0 unspecified atom stereocenters. The lowest BCUT2D eigenvalue weighted by atomic mass is 9.87. The fraction of sp³-hybridized carbons (Fsp3) is 0.526. The standard InChI is InChI=1S/C19H24N2O4/c1-12-5-3-4-6-15(12)19-16-11-20(17(23)7-8-18(24)25)9-14(16)10-21(19)13(2)22/h3-6,14,16,19H,7-11H2,1-2H3,(H,24,25)/t14-,16-,19-/m1/s1. The quantitative estimate of drug-likeness (QED) is 0.904. The molecule has 2 fully saturated rings. The van der Waals surface area contributed by atoms with E-state index in [0.717, 1.165) is 11.1 Å². The van der Waals surface area contributed by atoms with Crippen molar-refractivity contribution in [1.29, 1.82) is 0 Å². The molecule has 0 saturated carbocycles. The molecule has 2 amide bonds. The average molecular weight is 344 g/mol. The summed E-state index contributed by atoms with van der Waals surface area (Å²) in [5.41, 5.74) is 2.29. The Kier molecular flexibility index (Phi) is 4.79. The number of aliphatic carboxylic acids is 1. The Morgan fingerprint density at radius 2 is 1.84 bits per heavy atom. The van der Waals surface area contributed by atoms with E-state index in [1.165, 1.54) is 0 Å². The largest absolute Gasteiger partial charge is 0.481 e. The van der Waals surface area contributed by atoms with E-state index in [0.29, 0.717) is 19.6 Å². The van der Waals surface area contributed by atoms with Crippen LogP contribution >= 0.6 is 0 Å². The van der Waals surface area contributed by atoms with E-state index in [9.17, 15) is 14.4 Å². The summed E-state index contributed by atoms with van der Waals surface area (Å²) in [5, 5.41) is 8.77. The lowest BCUT2D eigenvalue weighted by Gasteiger charge is -2.30. The molecule has 0 spiro atoms. The van der Waals surface area contributed by atoms with Crippen LogP contribution in [0.5, 0.6) is 0 Å². The zero-order valence-electron chi connectivity index (χ0n) is 14.6. The van der Waals surface area contributed by atoms with Crippen LogP contribution in [0.1, 0.15) is 36.9 Å². The molecule has 2 aliphatic rings. The van der Waals surface area contributed by atoms with Crippen molar-refractivity contribution < 1.29 is 19.5 Å². The molecule has 2 aliphatic heterocycles. The van der Waals surface area contributed by atoms with E-state index in [1.54, 1.807) is 11.8 Å². The van der Waals surface area contributed by atoms with E-state index in [4.69, 9.17) is 5.11 Å². The second kappa shape index (κ2) is 6.86. The molecule has 134 valence electrons. The van der Waals surface area contributed by atoms with Gasteiger partial charge in [-0.1, -0.05) is 24.3 Å². The van der Waals surface area contributed by atoms with Gasteiger partial charge in [-0.15, -0.1) is 0 Å². The molecule has 3 rings (SSSR count). The maximum absolute atomic E-state index is 12.3. The predicted molar refractivity (Wildman–Crippen MR) is 91.7 cm³/mol. The molecule has 0 radical (unpaired) electrons. The van der Waals surface area contributed by atoms with Gasteiger partial charge in [0.05, 0.1) is 12.5 Å². The fourth-order valence-corrected chi connectivity index (χ4v) is 4.26. The highest BCUT2D eigenvalue weighted by atomic mass is 16.4. The Morgan fingerprint density at radius 3 is 2.48 bits per heavy atom. The van der Waals surface area contributed by atoms with Gasteiger partial charge < -0.3 is 14.9 Å². The zero-order chi connectivity index (χ0) is 18.1. The van der Waals surface area contributed by atoms with E-state index in [1.807, 2.05) is 30.0 Å². The third-order valence-corrected chi connectivity index (χ3v) is 5.48. The molecule has 25 heavy (non-hydrogen) atoms. The lowest BCUT2D eigenvalue weighted by Crippen LogP contribution is -2.36. The van der Waals surface area contributed by atoms with E-state index in [-0.39, 0.29) is 42.5 Å². The van der Waals surface area contributed by atoms with Crippen molar-refractivity contribution in [3.8, 4) is 0 Å². The highest BCUT2D eigenvalue weighted by Gasteiger charge is 2.49. The van der Waals surface area contributed by atoms with Gasteiger partial charge >= 0.3 is 5.97 Å². The molecule has 0 bridgehead atoms. The first-order chi connectivity index (χ1) is 11.9. The lowest BCUT2D eigenvalue weighted by molar-refractivity contribution is -0.140. The Hall–Kier alpha value is -2.37. The van der Waals surface area contributed by atoms with Crippen LogP contribution in [-0.2, 0) is 14.4 Å². The maximum Gasteiger partial charge on any atom is 0.303 e. The van der Waals surface area contributed by atoms with Crippen LogP contribution in [0.25, 0.3) is 0 Å². The van der Waals surface area contributed by atoms with Crippen molar-refractivity contribution in [2.75, 3.05) is 19.6 Å². The first-order valence-electron chi connectivity index (χ1n) is 8.70. The predicted octanol–water partition coefficient (Wildman–Crippen LogP) is 1.84. The number of aryl methyl sites for hydroxylation is 1. The number of hydrogen-bond donors (Lipinski definition) is 1. The van der Waals surface area contributed by atoms with Crippen molar-refractivity contribution in [2.24, 2.45) is 11.8 Å². The van der Waals surface area contributed by atoms with Gasteiger partial charge in [0.1, 0.15) is 0 Å². The molecule has 0 aromatic heterocycles. The smallest absolute Gasteiger partial charge is 0.303 e. The van der Waals surface area contributed by atoms with Gasteiger partial charge in [-0.3, -0.25) is 14.4 Å². The molecule has 3 atom stereocenters. The molecule has 0 aliphatic carbocycles. The number of nitrogens with zero attached hydrogens (tertiary/aromatic N) is 2.